The molecule has 2 fully saturated rings. The first-order valence-corrected chi connectivity index (χ1v) is 7.59. The van der Waals surface area contributed by atoms with Gasteiger partial charge in [-0.2, -0.15) is 0 Å². The molecular weight excluding hydrogens is 226 g/mol. The van der Waals surface area contributed by atoms with E-state index in [2.05, 4.69) is 12.2 Å². The van der Waals surface area contributed by atoms with Crippen LogP contribution in [0.3, 0.4) is 0 Å². The molecule has 18 heavy (non-hydrogen) atoms. The van der Waals surface area contributed by atoms with Gasteiger partial charge in [0.25, 0.3) is 0 Å². The molecule has 3 heteroatoms. The summed E-state index contributed by atoms with van der Waals surface area (Å²) in [6.45, 7) is 5.28. The Hall–Kier alpha value is -0.570. The maximum Gasteiger partial charge on any atom is 0.326 e. The number of carbonyl (C=O) groups is 1. The number of hydrogen-bond acceptors (Lipinski definition) is 3. The van der Waals surface area contributed by atoms with Gasteiger partial charge in [-0.25, -0.2) is 0 Å². The number of rotatable bonds is 4. The lowest BCUT2D eigenvalue weighted by Gasteiger charge is -2.43. The molecule has 0 bridgehead atoms. The van der Waals surface area contributed by atoms with E-state index in [1.165, 1.54) is 38.5 Å². The van der Waals surface area contributed by atoms with Gasteiger partial charge in [-0.15, -0.1) is 0 Å². The molecule has 1 spiro atoms. The Bertz CT molecular complexity index is 285. The van der Waals surface area contributed by atoms with Gasteiger partial charge in [-0.3, -0.25) is 4.79 Å². The summed E-state index contributed by atoms with van der Waals surface area (Å²) in [6, 6.07) is 0. The SMILES string of the molecule is CCNC1(C(=O)OCC)CCC2(CCCC2)CC1. The molecular formula is C15H27NO2. The van der Waals surface area contributed by atoms with E-state index < -0.39 is 5.54 Å². The summed E-state index contributed by atoms with van der Waals surface area (Å²) >= 11 is 0. The maximum atomic E-state index is 12.2. The summed E-state index contributed by atoms with van der Waals surface area (Å²) < 4.78 is 5.29. The van der Waals surface area contributed by atoms with Crippen LogP contribution in [-0.4, -0.2) is 24.7 Å². The first-order valence-electron chi connectivity index (χ1n) is 7.59. The Morgan fingerprint density at radius 1 is 1.06 bits per heavy atom. The molecule has 2 aliphatic carbocycles. The standard InChI is InChI=1S/C15H27NO2/c1-3-16-15(13(17)18-4-2)11-9-14(10-12-15)7-5-6-8-14/h16H,3-12H2,1-2H3. The highest BCUT2D eigenvalue weighted by Crippen LogP contribution is 2.51. The van der Waals surface area contributed by atoms with Crippen LogP contribution in [0.4, 0.5) is 0 Å². The highest BCUT2D eigenvalue weighted by molar-refractivity contribution is 5.81. The van der Waals surface area contributed by atoms with Crippen LogP contribution in [0.25, 0.3) is 0 Å². The quantitative estimate of drug-likeness (QED) is 0.783. The summed E-state index contributed by atoms with van der Waals surface area (Å²) in [5, 5.41) is 3.41. The van der Waals surface area contributed by atoms with Crippen molar-refractivity contribution < 1.29 is 9.53 Å². The highest BCUT2D eigenvalue weighted by Gasteiger charge is 2.48. The molecule has 0 radical (unpaired) electrons. The monoisotopic (exact) mass is 253 g/mol. The molecule has 0 amide bonds. The minimum atomic E-state index is -0.390. The third kappa shape index (κ3) is 2.56. The Labute approximate surface area is 111 Å². The lowest BCUT2D eigenvalue weighted by atomic mass is 9.66. The van der Waals surface area contributed by atoms with Gasteiger partial charge in [0.15, 0.2) is 0 Å². The summed E-state index contributed by atoms with van der Waals surface area (Å²) in [6.07, 6.45) is 9.81. The van der Waals surface area contributed by atoms with E-state index in [1.54, 1.807) is 0 Å². The molecule has 0 atom stereocenters. The first kappa shape index (κ1) is 13.9. The van der Waals surface area contributed by atoms with Crippen LogP contribution >= 0.6 is 0 Å². The predicted octanol–water partition coefficient (Wildman–Crippen LogP) is 3.03. The summed E-state index contributed by atoms with van der Waals surface area (Å²) in [4.78, 5) is 12.2. The first-order chi connectivity index (χ1) is 8.66. The molecule has 2 saturated carbocycles. The van der Waals surface area contributed by atoms with Gasteiger partial charge in [-0.05, 0) is 57.4 Å². The summed E-state index contributed by atoms with van der Waals surface area (Å²) in [5.74, 6) is -0.0281. The van der Waals surface area contributed by atoms with Crippen molar-refractivity contribution in [3.8, 4) is 0 Å². The number of carbonyl (C=O) groups excluding carboxylic acids is 1. The van der Waals surface area contributed by atoms with E-state index in [1.807, 2.05) is 6.92 Å². The Morgan fingerprint density at radius 3 is 2.17 bits per heavy atom. The molecule has 2 rings (SSSR count). The molecule has 0 aromatic rings. The van der Waals surface area contributed by atoms with Crippen molar-refractivity contribution in [1.82, 2.24) is 5.32 Å². The zero-order chi connectivity index (χ0) is 13.1. The maximum absolute atomic E-state index is 12.2. The zero-order valence-electron chi connectivity index (χ0n) is 11.9. The molecule has 104 valence electrons. The second kappa shape index (κ2) is 5.60. The molecule has 3 nitrogen and oxygen atoms in total. The van der Waals surface area contributed by atoms with Crippen LogP contribution in [0.5, 0.6) is 0 Å². The van der Waals surface area contributed by atoms with Crippen molar-refractivity contribution in [2.45, 2.75) is 70.8 Å². The van der Waals surface area contributed by atoms with Gasteiger partial charge in [0.1, 0.15) is 5.54 Å². The van der Waals surface area contributed by atoms with Crippen LogP contribution in [0.15, 0.2) is 0 Å². The van der Waals surface area contributed by atoms with Gasteiger partial charge >= 0.3 is 5.97 Å². The molecule has 2 aliphatic rings. The minimum Gasteiger partial charge on any atom is -0.465 e. The van der Waals surface area contributed by atoms with E-state index >= 15 is 0 Å². The number of hydrogen-bond donors (Lipinski definition) is 1. The van der Waals surface area contributed by atoms with Crippen LogP contribution in [0.2, 0.25) is 0 Å². The molecule has 0 saturated heterocycles. The number of likely N-dealkylation sites (N-methyl/N-ethyl adjacent to an activating group) is 1. The normalized spacial score (nSPS) is 25.2. The third-order valence-electron chi connectivity index (χ3n) is 5.01. The van der Waals surface area contributed by atoms with E-state index in [0.29, 0.717) is 12.0 Å². The summed E-state index contributed by atoms with van der Waals surface area (Å²) in [7, 11) is 0. The fraction of sp³-hybridized carbons (Fsp3) is 0.933. The van der Waals surface area contributed by atoms with Crippen molar-refractivity contribution in [2.24, 2.45) is 5.41 Å². The molecule has 0 aliphatic heterocycles. The van der Waals surface area contributed by atoms with Crippen LogP contribution in [0.1, 0.15) is 65.2 Å². The van der Waals surface area contributed by atoms with Gasteiger partial charge < -0.3 is 10.1 Å². The van der Waals surface area contributed by atoms with Gasteiger partial charge in [0.05, 0.1) is 6.61 Å². The van der Waals surface area contributed by atoms with Gasteiger partial charge in [-0.1, -0.05) is 19.8 Å². The number of esters is 1. The molecule has 0 aromatic heterocycles. The lowest BCUT2D eigenvalue weighted by Crippen LogP contribution is -2.56. The molecule has 0 heterocycles. The van der Waals surface area contributed by atoms with Gasteiger partial charge in [0.2, 0.25) is 0 Å². The second-order valence-electron chi connectivity index (χ2n) is 6.04. The Morgan fingerprint density at radius 2 is 1.67 bits per heavy atom. The van der Waals surface area contributed by atoms with Crippen LogP contribution in [-0.2, 0) is 9.53 Å². The van der Waals surface area contributed by atoms with E-state index in [-0.39, 0.29) is 5.97 Å². The minimum absolute atomic E-state index is 0.0281. The second-order valence-corrected chi connectivity index (χ2v) is 6.04. The zero-order valence-corrected chi connectivity index (χ0v) is 11.9. The largest absolute Gasteiger partial charge is 0.465 e. The average Bonchev–Trinajstić information content (AvgIpc) is 2.82. The van der Waals surface area contributed by atoms with E-state index in [4.69, 9.17) is 4.74 Å². The topological polar surface area (TPSA) is 38.3 Å². The summed E-state index contributed by atoms with van der Waals surface area (Å²) in [5.41, 5.74) is 0.171. The van der Waals surface area contributed by atoms with E-state index in [0.717, 1.165) is 19.4 Å². The number of nitrogens with one attached hydrogen (secondary N) is 1. The third-order valence-corrected chi connectivity index (χ3v) is 5.01. The van der Waals surface area contributed by atoms with Crippen molar-refractivity contribution in [3.05, 3.63) is 0 Å². The number of ether oxygens (including phenoxy) is 1. The molecule has 0 unspecified atom stereocenters. The van der Waals surface area contributed by atoms with Crippen molar-refractivity contribution in [2.75, 3.05) is 13.2 Å². The average molecular weight is 253 g/mol. The fourth-order valence-corrected chi connectivity index (χ4v) is 3.89. The molecule has 0 aromatic carbocycles. The van der Waals surface area contributed by atoms with E-state index in [9.17, 15) is 4.79 Å². The van der Waals surface area contributed by atoms with Crippen LogP contribution in [0, 0.1) is 5.41 Å². The highest BCUT2D eigenvalue weighted by atomic mass is 16.5. The smallest absolute Gasteiger partial charge is 0.326 e. The molecule has 1 N–H and O–H groups in total. The Balaban J connectivity index is 2.02. The van der Waals surface area contributed by atoms with Crippen molar-refractivity contribution in [3.63, 3.8) is 0 Å². The van der Waals surface area contributed by atoms with Crippen molar-refractivity contribution in [1.29, 1.82) is 0 Å². The Kier molecular flexibility index (Phi) is 4.31. The van der Waals surface area contributed by atoms with Crippen molar-refractivity contribution >= 4 is 5.97 Å². The van der Waals surface area contributed by atoms with Crippen LogP contribution < -0.4 is 5.32 Å². The predicted molar refractivity (Wildman–Crippen MR) is 72.4 cm³/mol. The fourth-order valence-electron chi connectivity index (χ4n) is 3.89. The lowest BCUT2D eigenvalue weighted by molar-refractivity contribution is -0.154. The van der Waals surface area contributed by atoms with Gasteiger partial charge in [0, 0.05) is 0 Å².